The topological polar surface area (TPSA) is 58.6 Å². The van der Waals surface area contributed by atoms with E-state index < -0.39 is 0 Å². The van der Waals surface area contributed by atoms with Gasteiger partial charge in [-0.1, -0.05) is 43.3 Å². The number of nitrogens with one attached hydrogen (secondary N) is 1. The van der Waals surface area contributed by atoms with Crippen molar-refractivity contribution in [2.24, 2.45) is 5.92 Å². The van der Waals surface area contributed by atoms with E-state index in [0.717, 1.165) is 17.7 Å². The Kier molecular flexibility index (Phi) is 7.06. The monoisotopic (exact) mass is 380 g/mol. The van der Waals surface area contributed by atoms with Crippen LogP contribution in [0.2, 0.25) is 0 Å². The van der Waals surface area contributed by atoms with Crippen molar-refractivity contribution < 1.29 is 14.3 Å². The van der Waals surface area contributed by atoms with Crippen molar-refractivity contribution in [2.45, 2.75) is 32.8 Å². The van der Waals surface area contributed by atoms with Gasteiger partial charge in [0.1, 0.15) is 12.4 Å². The molecule has 2 aromatic rings. The summed E-state index contributed by atoms with van der Waals surface area (Å²) in [4.78, 5) is 27.0. The summed E-state index contributed by atoms with van der Waals surface area (Å²) in [5.74, 6) is 0.918. The second-order valence-corrected chi connectivity index (χ2v) is 7.12. The number of benzene rings is 2. The lowest BCUT2D eigenvalue weighted by molar-refractivity contribution is -0.126. The van der Waals surface area contributed by atoms with Crippen LogP contribution in [0.4, 0.5) is 0 Å². The van der Waals surface area contributed by atoms with E-state index in [1.807, 2.05) is 66.4 Å². The summed E-state index contributed by atoms with van der Waals surface area (Å²) in [6.07, 6.45) is 2.36. The Morgan fingerprint density at radius 2 is 1.71 bits per heavy atom. The Morgan fingerprint density at radius 3 is 2.43 bits per heavy atom. The van der Waals surface area contributed by atoms with Gasteiger partial charge in [0.25, 0.3) is 5.91 Å². The fourth-order valence-corrected chi connectivity index (χ4v) is 3.44. The molecule has 28 heavy (non-hydrogen) atoms. The summed E-state index contributed by atoms with van der Waals surface area (Å²) in [5.41, 5.74) is 1.55. The van der Waals surface area contributed by atoms with Crippen molar-refractivity contribution in [2.75, 3.05) is 19.6 Å². The Labute approximate surface area is 166 Å². The van der Waals surface area contributed by atoms with Gasteiger partial charge in [-0.3, -0.25) is 9.59 Å². The van der Waals surface area contributed by atoms with E-state index in [9.17, 15) is 9.59 Å². The summed E-state index contributed by atoms with van der Waals surface area (Å²) in [7, 11) is 0. The Balaban J connectivity index is 1.60. The maximum Gasteiger partial charge on any atom is 0.254 e. The SMILES string of the molecule is CCCNC(=O)C1CCN(C(=O)c2ccccc2COc2ccccc2)CC1. The van der Waals surface area contributed by atoms with Crippen LogP contribution in [-0.2, 0) is 11.4 Å². The van der Waals surface area contributed by atoms with Gasteiger partial charge in [-0.05, 0) is 37.5 Å². The average molecular weight is 380 g/mol. The van der Waals surface area contributed by atoms with Crippen LogP contribution in [0.5, 0.6) is 5.75 Å². The van der Waals surface area contributed by atoms with E-state index in [-0.39, 0.29) is 17.7 Å². The fourth-order valence-electron chi connectivity index (χ4n) is 3.44. The van der Waals surface area contributed by atoms with Crippen molar-refractivity contribution in [1.82, 2.24) is 10.2 Å². The largest absolute Gasteiger partial charge is 0.489 e. The average Bonchev–Trinajstić information content (AvgIpc) is 2.76. The Hall–Kier alpha value is -2.82. The number of piperidine rings is 1. The predicted octanol–water partition coefficient (Wildman–Crippen LogP) is 3.64. The minimum Gasteiger partial charge on any atom is -0.489 e. The van der Waals surface area contributed by atoms with Crippen LogP contribution < -0.4 is 10.1 Å². The van der Waals surface area contributed by atoms with Gasteiger partial charge in [0.2, 0.25) is 5.91 Å². The minimum absolute atomic E-state index is 0.00672. The van der Waals surface area contributed by atoms with Crippen molar-refractivity contribution in [3.05, 3.63) is 65.7 Å². The smallest absolute Gasteiger partial charge is 0.254 e. The van der Waals surface area contributed by atoms with Gasteiger partial charge >= 0.3 is 0 Å². The van der Waals surface area contributed by atoms with Crippen molar-refractivity contribution in [1.29, 1.82) is 0 Å². The van der Waals surface area contributed by atoms with Gasteiger partial charge in [-0.2, -0.15) is 0 Å². The number of amides is 2. The van der Waals surface area contributed by atoms with E-state index in [1.165, 1.54) is 0 Å². The number of hydrogen-bond donors (Lipinski definition) is 1. The molecule has 1 fully saturated rings. The first-order valence-corrected chi connectivity index (χ1v) is 10.0. The number of hydrogen-bond acceptors (Lipinski definition) is 3. The molecule has 1 saturated heterocycles. The molecule has 0 bridgehead atoms. The second kappa shape index (κ2) is 9.93. The standard InChI is InChI=1S/C23H28N2O3/c1-2-14-24-22(26)18-12-15-25(16-13-18)23(27)21-11-7-6-8-19(21)17-28-20-9-4-3-5-10-20/h3-11,18H,2,12-17H2,1H3,(H,24,26). The molecule has 2 aromatic carbocycles. The number of rotatable bonds is 7. The number of nitrogens with zero attached hydrogens (tertiary/aromatic N) is 1. The maximum absolute atomic E-state index is 13.1. The third kappa shape index (κ3) is 5.12. The van der Waals surface area contributed by atoms with Gasteiger partial charge in [-0.25, -0.2) is 0 Å². The van der Waals surface area contributed by atoms with Crippen LogP contribution in [0.15, 0.2) is 54.6 Å². The highest BCUT2D eigenvalue weighted by atomic mass is 16.5. The van der Waals surface area contributed by atoms with Gasteiger partial charge in [-0.15, -0.1) is 0 Å². The molecule has 1 heterocycles. The van der Waals surface area contributed by atoms with Crippen LogP contribution in [0.1, 0.15) is 42.1 Å². The molecule has 0 aliphatic carbocycles. The quantitative estimate of drug-likeness (QED) is 0.798. The molecule has 5 nitrogen and oxygen atoms in total. The molecule has 0 atom stereocenters. The normalized spacial score (nSPS) is 14.5. The predicted molar refractivity (Wildman–Crippen MR) is 109 cm³/mol. The van der Waals surface area contributed by atoms with Crippen molar-refractivity contribution in [3.8, 4) is 5.75 Å². The highest BCUT2D eigenvalue weighted by Crippen LogP contribution is 2.21. The molecule has 0 spiro atoms. The van der Waals surface area contributed by atoms with Crippen LogP contribution in [0.3, 0.4) is 0 Å². The van der Waals surface area contributed by atoms with E-state index in [2.05, 4.69) is 5.32 Å². The van der Waals surface area contributed by atoms with E-state index in [1.54, 1.807) is 0 Å². The highest BCUT2D eigenvalue weighted by molar-refractivity contribution is 5.95. The Morgan fingerprint density at radius 1 is 1.04 bits per heavy atom. The molecule has 2 amide bonds. The summed E-state index contributed by atoms with van der Waals surface area (Å²) < 4.78 is 5.83. The molecule has 0 unspecified atom stereocenters. The van der Waals surface area contributed by atoms with Gasteiger partial charge in [0, 0.05) is 36.7 Å². The zero-order chi connectivity index (χ0) is 19.8. The lowest BCUT2D eigenvalue weighted by Gasteiger charge is -2.31. The van der Waals surface area contributed by atoms with Crippen molar-refractivity contribution >= 4 is 11.8 Å². The first-order valence-electron chi connectivity index (χ1n) is 10.0. The molecule has 148 valence electrons. The number of ether oxygens (including phenoxy) is 1. The third-order valence-corrected chi connectivity index (χ3v) is 5.09. The van der Waals surface area contributed by atoms with Crippen LogP contribution in [-0.4, -0.2) is 36.3 Å². The van der Waals surface area contributed by atoms with Crippen LogP contribution in [0.25, 0.3) is 0 Å². The number of carbonyl (C=O) groups excluding carboxylic acids is 2. The van der Waals surface area contributed by atoms with Crippen LogP contribution in [0, 0.1) is 5.92 Å². The molecule has 0 saturated carbocycles. The van der Waals surface area contributed by atoms with E-state index in [4.69, 9.17) is 4.74 Å². The summed E-state index contributed by atoms with van der Waals surface area (Å²) in [6, 6.07) is 17.2. The molecular formula is C23H28N2O3. The van der Waals surface area contributed by atoms with Gasteiger partial charge in [0.15, 0.2) is 0 Å². The van der Waals surface area contributed by atoms with E-state index >= 15 is 0 Å². The molecule has 1 aliphatic rings. The molecule has 5 heteroatoms. The first-order chi connectivity index (χ1) is 13.7. The second-order valence-electron chi connectivity index (χ2n) is 7.12. The number of para-hydroxylation sites is 1. The zero-order valence-electron chi connectivity index (χ0n) is 16.4. The molecule has 0 radical (unpaired) electrons. The minimum atomic E-state index is 0.00672. The van der Waals surface area contributed by atoms with Gasteiger partial charge in [0.05, 0.1) is 0 Å². The van der Waals surface area contributed by atoms with Crippen molar-refractivity contribution in [3.63, 3.8) is 0 Å². The molecule has 1 N–H and O–H groups in total. The maximum atomic E-state index is 13.1. The van der Waals surface area contributed by atoms with Gasteiger partial charge < -0.3 is 15.0 Å². The summed E-state index contributed by atoms with van der Waals surface area (Å²) in [6.45, 7) is 4.32. The summed E-state index contributed by atoms with van der Waals surface area (Å²) in [5, 5.41) is 2.96. The first kappa shape index (κ1) is 19.9. The zero-order valence-corrected chi connectivity index (χ0v) is 16.4. The Bertz CT molecular complexity index is 783. The van der Waals surface area contributed by atoms with E-state index in [0.29, 0.717) is 44.6 Å². The number of likely N-dealkylation sites (tertiary alicyclic amines) is 1. The lowest BCUT2D eigenvalue weighted by Crippen LogP contribution is -2.43. The summed E-state index contributed by atoms with van der Waals surface area (Å²) >= 11 is 0. The molecule has 0 aromatic heterocycles. The lowest BCUT2D eigenvalue weighted by atomic mass is 9.95. The highest BCUT2D eigenvalue weighted by Gasteiger charge is 2.28. The third-order valence-electron chi connectivity index (χ3n) is 5.09. The molecular weight excluding hydrogens is 352 g/mol. The fraction of sp³-hybridized carbons (Fsp3) is 0.391. The molecule has 3 rings (SSSR count). The molecule has 1 aliphatic heterocycles. The van der Waals surface area contributed by atoms with Crippen LogP contribution >= 0.6 is 0 Å². The number of carbonyl (C=O) groups is 2.